The first kappa shape index (κ1) is 27.6. The van der Waals surface area contributed by atoms with Crippen molar-refractivity contribution in [2.24, 2.45) is 0 Å². The van der Waals surface area contributed by atoms with E-state index in [2.05, 4.69) is 59.7 Å². The second-order valence-corrected chi connectivity index (χ2v) is 9.83. The van der Waals surface area contributed by atoms with Crippen LogP contribution in [-0.4, -0.2) is 28.7 Å². The van der Waals surface area contributed by atoms with Crippen LogP contribution in [0, 0.1) is 6.92 Å². The molecular formula is C29H40N6O2. The molecule has 2 aromatic carbocycles. The van der Waals surface area contributed by atoms with Crippen LogP contribution in [-0.2, 0) is 4.74 Å². The molecule has 0 aliphatic heterocycles. The fourth-order valence-electron chi connectivity index (χ4n) is 3.40. The van der Waals surface area contributed by atoms with Gasteiger partial charge in [0.05, 0.1) is 6.61 Å². The Bertz CT molecular complexity index is 1170. The number of nitrogens with zero attached hydrogens (tertiary/aromatic N) is 2. The van der Waals surface area contributed by atoms with E-state index in [1.54, 1.807) is 6.20 Å². The molecule has 3 rings (SSSR count). The monoisotopic (exact) mass is 504 g/mol. The summed E-state index contributed by atoms with van der Waals surface area (Å²) in [7, 11) is 0. The summed E-state index contributed by atoms with van der Waals surface area (Å²) < 4.78 is 12.0. The van der Waals surface area contributed by atoms with Crippen molar-refractivity contribution in [1.29, 1.82) is 0 Å². The van der Waals surface area contributed by atoms with Crippen molar-refractivity contribution in [1.82, 2.24) is 15.3 Å². The number of benzene rings is 2. The smallest absolute Gasteiger partial charge is 0.229 e. The average Bonchev–Trinajstić information content (AvgIpc) is 2.84. The maximum Gasteiger partial charge on any atom is 0.229 e. The van der Waals surface area contributed by atoms with Crippen LogP contribution in [0.4, 0.5) is 28.8 Å². The zero-order valence-electron chi connectivity index (χ0n) is 22.6. The van der Waals surface area contributed by atoms with E-state index in [4.69, 9.17) is 15.2 Å². The summed E-state index contributed by atoms with van der Waals surface area (Å²) in [6.45, 7) is 11.6. The van der Waals surface area contributed by atoms with Crippen molar-refractivity contribution >= 4 is 28.8 Å². The van der Waals surface area contributed by atoms with Crippen LogP contribution < -0.4 is 26.4 Å². The number of nitrogen functional groups attached to an aromatic ring is 1. The quantitative estimate of drug-likeness (QED) is 0.116. The number of nitrogens with one attached hydrogen (secondary N) is 3. The first-order valence-electron chi connectivity index (χ1n) is 12.8. The summed E-state index contributed by atoms with van der Waals surface area (Å²) in [5.41, 5.74) is 9.00. The van der Waals surface area contributed by atoms with Crippen LogP contribution in [0.1, 0.15) is 52.5 Å². The number of nitrogens with two attached hydrogens (primary N) is 1. The zero-order valence-corrected chi connectivity index (χ0v) is 22.6. The predicted octanol–water partition coefficient (Wildman–Crippen LogP) is 6.67. The summed E-state index contributed by atoms with van der Waals surface area (Å²) in [5.74, 6) is 2.82. The molecule has 5 N–H and O–H groups in total. The van der Waals surface area contributed by atoms with Gasteiger partial charge in [-0.1, -0.05) is 25.5 Å². The predicted molar refractivity (Wildman–Crippen MR) is 153 cm³/mol. The number of allylic oxidation sites excluding steroid dienone is 1. The molecule has 37 heavy (non-hydrogen) atoms. The molecule has 0 aliphatic carbocycles. The third kappa shape index (κ3) is 9.91. The third-order valence-electron chi connectivity index (χ3n) is 5.13. The molecule has 0 unspecified atom stereocenters. The number of aromatic nitrogens is 2. The summed E-state index contributed by atoms with van der Waals surface area (Å²) in [5, 5.41) is 9.96. The molecule has 0 spiro atoms. The fraction of sp³-hybridized carbons (Fsp3) is 0.379. The van der Waals surface area contributed by atoms with Crippen LogP contribution in [0.25, 0.3) is 0 Å². The van der Waals surface area contributed by atoms with E-state index in [9.17, 15) is 0 Å². The van der Waals surface area contributed by atoms with Crippen LogP contribution in [0.5, 0.6) is 5.75 Å². The second-order valence-electron chi connectivity index (χ2n) is 9.83. The molecule has 1 aromatic heterocycles. The largest absolute Gasteiger partial charge is 0.493 e. The van der Waals surface area contributed by atoms with Crippen LogP contribution in [0.3, 0.4) is 0 Å². The van der Waals surface area contributed by atoms with Gasteiger partial charge in [0.2, 0.25) is 5.95 Å². The Kier molecular flexibility index (Phi) is 10.0. The molecule has 1 heterocycles. The van der Waals surface area contributed by atoms with Gasteiger partial charge in [0, 0.05) is 41.4 Å². The Balaban J connectivity index is 1.52. The van der Waals surface area contributed by atoms with Crippen LogP contribution in [0.2, 0.25) is 0 Å². The van der Waals surface area contributed by atoms with Gasteiger partial charge in [-0.05, 0) is 76.9 Å². The van der Waals surface area contributed by atoms with Crippen molar-refractivity contribution < 1.29 is 9.47 Å². The number of unbranched alkanes of at least 4 members (excludes halogenated alkanes) is 1. The fourth-order valence-corrected chi connectivity index (χ4v) is 3.40. The number of ether oxygens (including phenoxy) is 2. The molecule has 0 fully saturated rings. The molecule has 198 valence electrons. The number of hydrogen-bond donors (Lipinski definition) is 4. The van der Waals surface area contributed by atoms with E-state index in [1.807, 2.05) is 55.5 Å². The number of aryl methyl sites for hydroxylation is 1. The van der Waals surface area contributed by atoms with E-state index in [0.29, 0.717) is 24.1 Å². The van der Waals surface area contributed by atoms with Gasteiger partial charge in [0.25, 0.3) is 0 Å². The van der Waals surface area contributed by atoms with Gasteiger partial charge in [-0.3, -0.25) is 0 Å². The van der Waals surface area contributed by atoms with Crippen LogP contribution in [0.15, 0.2) is 66.7 Å². The summed E-state index contributed by atoms with van der Waals surface area (Å²) in [6, 6.07) is 15.3. The Hall–Kier alpha value is -3.94. The lowest BCUT2D eigenvalue weighted by Gasteiger charge is -2.24. The van der Waals surface area contributed by atoms with Gasteiger partial charge in [-0.25, -0.2) is 4.98 Å². The molecule has 0 saturated heterocycles. The molecule has 0 bridgehead atoms. The van der Waals surface area contributed by atoms with Gasteiger partial charge < -0.3 is 31.2 Å². The topological polar surface area (TPSA) is 106 Å². The van der Waals surface area contributed by atoms with Gasteiger partial charge >= 0.3 is 0 Å². The first-order valence-corrected chi connectivity index (χ1v) is 12.8. The minimum atomic E-state index is -0.232. The Morgan fingerprint density at radius 1 is 1.05 bits per heavy atom. The van der Waals surface area contributed by atoms with E-state index >= 15 is 0 Å². The molecule has 0 atom stereocenters. The van der Waals surface area contributed by atoms with Crippen molar-refractivity contribution in [2.75, 3.05) is 29.5 Å². The summed E-state index contributed by atoms with van der Waals surface area (Å²) in [6.07, 6.45) is 6.81. The van der Waals surface area contributed by atoms with Gasteiger partial charge in [-0.2, -0.15) is 4.98 Å². The van der Waals surface area contributed by atoms with Crippen molar-refractivity contribution in [3.8, 4) is 5.75 Å². The Morgan fingerprint density at radius 2 is 1.81 bits per heavy atom. The highest BCUT2D eigenvalue weighted by Crippen LogP contribution is 2.24. The van der Waals surface area contributed by atoms with Gasteiger partial charge in [0.1, 0.15) is 17.2 Å². The Labute approximate surface area is 220 Å². The van der Waals surface area contributed by atoms with E-state index in [0.717, 1.165) is 54.4 Å². The minimum Gasteiger partial charge on any atom is -0.493 e. The molecule has 8 nitrogen and oxygen atoms in total. The maximum absolute atomic E-state index is 6.01. The lowest BCUT2D eigenvalue weighted by Crippen LogP contribution is -2.27. The highest BCUT2D eigenvalue weighted by Gasteiger charge is 2.13. The highest BCUT2D eigenvalue weighted by atomic mass is 16.5. The molecule has 0 aliphatic rings. The summed E-state index contributed by atoms with van der Waals surface area (Å²) >= 11 is 0. The third-order valence-corrected chi connectivity index (χ3v) is 5.13. The number of hydrogen-bond acceptors (Lipinski definition) is 8. The minimum absolute atomic E-state index is 0.232. The second kappa shape index (κ2) is 13.4. The van der Waals surface area contributed by atoms with Crippen LogP contribution >= 0.6 is 0 Å². The van der Waals surface area contributed by atoms with Crippen molar-refractivity contribution in [2.45, 2.75) is 59.5 Å². The Morgan fingerprint density at radius 3 is 2.54 bits per heavy atom. The van der Waals surface area contributed by atoms with Gasteiger partial charge in [0.15, 0.2) is 5.88 Å². The molecule has 0 saturated carbocycles. The number of rotatable bonds is 13. The first-order chi connectivity index (χ1) is 17.7. The van der Waals surface area contributed by atoms with E-state index < -0.39 is 0 Å². The zero-order chi connectivity index (χ0) is 26.7. The van der Waals surface area contributed by atoms with Crippen molar-refractivity contribution in [3.05, 3.63) is 72.3 Å². The normalized spacial score (nSPS) is 11.6. The SMILES string of the molecule is CCC/C=C(\NCCCOc1cccc(Nc2ncc(C)c(Nc3cccc(N)c3)n2)c1)OC(C)(C)C. The van der Waals surface area contributed by atoms with E-state index in [1.165, 1.54) is 0 Å². The molecule has 8 heteroatoms. The molecular weight excluding hydrogens is 464 g/mol. The summed E-state index contributed by atoms with van der Waals surface area (Å²) in [4.78, 5) is 9.05. The molecule has 0 amide bonds. The lowest BCUT2D eigenvalue weighted by atomic mass is 10.2. The standard InChI is InChI=1S/C29H40N6O2/c1-6-7-15-26(37-29(3,4)5)31-16-10-17-36-25-14-9-13-24(19-25)34-28-32-20-21(2)27(35-28)33-23-12-8-11-22(30)18-23/h8-9,11-15,18-20,31H,6-7,10,16-17,30H2,1-5H3,(H2,32,33,34,35)/b26-15+. The van der Waals surface area contributed by atoms with Gasteiger partial charge in [-0.15, -0.1) is 0 Å². The average molecular weight is 505 g/mol. The lowest BCUT2D eigenvalue weighted by molar-refractivity contribution is 0.0395. The van der Waals surface area contributed by atoms with Crippen molar-refractivity contribution in [3.63, 3.8) is 0 Å². The maximum atomic E-state index is 6.01. The molecule has 3 aromatic rings. The highest BCUT2D eigenvalue weighted by molar-refractivity contribution is 5.65. The van der Waals surface area contributed by atoms with E-state index in [-0.39, 0.29) is 5.60 Å². The number of anilines is 5. The molecule has 0 radical (unpaired) electrons.